The molecule has 1 heterocycles. The molecule has 18 heavy (non-hydrogen) atoms. The highest BCUT2D eigenvalue weighted by atomic mass is 19.2. The van der Waals surface area contributed by atoms with Crippen molar-refractivity contribution < 1.29 is 13.6 Å². The van der Waals surface area contributed by atoms with Gasteiger partial charge in [0.1, 0.15) is 0 Å². The molecule has 1 amide bonds. The van der Waals surface area contributed by atoms with Crippen LogP contribution in [-0.4, -0.2) is 19.0 Å². The van der Waals surface area contributed by atoms with E-state index in [1.165, 1.54) is 6.07 Å². The first-order chi connectivity index (χ1) is 8.58. The maximum Gasteiger partial charge on any atom is 0.224 e. The molecule has 5 heteroatoms. The Kier molecular flexibility index (Phi) is 3.91. The van der Waals surface area contributed by atoms with Crippen molar-refractivity contribution in [2.45, 2.75) is 19.4 Å². The summed E-state index contributed by atoms with van der Waals surface area (Å²) < 4.78 is 25.9. The zero-order chi connectivity index (χ0) is 13.1. The first-order valence-corrected chi connectivity index (χ1v) is 6.04. The molecule has 0 bridgehead atoms. The molecule has 0 radical (unpaired) electrons. The van der Waals surface area contributed by atoms with E-state index in [0.717, 1.165) is 25.1 Å². The van der Waals surface area contributed by atoms with Crippen molar-refractivity contribution in [2.75, 3.05) is 13.1 Å². The molecule has 1 aromatic rings. The maximum atomic E-state index is 13.1. The fraction of sp³-hybridized carbons (Fsp3) is 0.462. The third-order valence-corrected chi connectivity index (χ3v) is 3.23. The van der Waals surface area contributed by atoms with Gasteiger partial charge in [-0.05, 0) is 37.6 Å². The van der Waals surface area contributed by atoms with E-state index in [-0.39, 0.29) is 17.9 Å². The molecule has 2 N–H and O–H groups in total. The highest BCUT2D eigenvalue weighted by Gasteiger charge is 2.23. The summed E-state index contributed by atoms with van der Waals surface area (Å²) >= 11 is 0. The van der Waals surface area contributed by atoms with E-state index in [2.05, 4.69) is 10.6 Å². The normalized spacial score (nSPS) is 20.7. The highest BCUT2D eigenvalue weighted by Crippen LogP contribution is 2.17. The SMILES string of the molecule is CC(NC(=O)C1CCNC1)c1ccc(F)c(F)c1. The van der Waals surface area contributed by atoms with Crippen molar-refractivity contribution in [3.8, 4) is 0 Å². The minimum atomic E-state index is -0.892. The Balaban J connectivity index is 2.00. The zero-order valence-corrected chi connectivity index (χ0v) is 10.2. The van der Waals surface area contributed by atoms with Gasteiger partial charge in [-0.25, -0.2) is 8.78 Å². The molecule has 0 aromatic heterocycles. The molecule has 1 fully saturated rings. The van der Waals surface area contributed by atoms with Crippen molar-refractivity contribution in [3.63, 3.8) is 0 Å². The Labute approximate surface area is 105 Å². The van der Waals surface area contributed by atoms with Crippen LogP contribution >= 0.6 is 0 Å². The third-order valence-electron chi connectivity index (χ3n) is 3.23. The monoisotopic (exact) mass is 254 g/mol. The van der Waals surface area contributed by atoms with Crippen molar-refractivity contribution in [3.05, 3.63) is 35.4 Å². The Morgan fingerprint density at radius 3 is 2.83 bits per heavy atom. The van der Waals surface area contributed by atoms with Gasteiger partial charge in [-0.15, -0.1) is 0 Å². The van der Waals surface area contributed by atoms with Crippen LogP contribution in [0.15, 0.2) is 18.2 Å². The average molecular weight is 254 g/mol. The molecule has 1 aromatic carbocycles. The lowest BCUT2D eigenvalue weighted by Crippen LogP contribution is -2.33. The van der Waals surface area contributed by atoms with Gasteiger partial charge in [0.25, 0.3) is 0 Å². The standard InChI is InChI=1S/C13H16F2N2O/c1-8(9-2-3-11(14)12(15)6-9)17-13(18)10-4-5-16-7-10/h2-3,6,8,10,16H,4-5,7H2,1H3,(H,17,18). The minimum absolute atomic E-state index is 0.0299. The topological polar surface area (TPSA) is 41.1 Å². The minimum Gasteiger partial charge on any atom is -0.349 e. The molecule has 98 valence electrons. The van der Waals surface area contributed by atoms with E-state index in [0.29, 0.717) is 12.1 Å². The summed E-state index contributed by atoms with van der Waals surface area (Å²) in [5.41, 5.74) is 0.563. The average Bonchev–Trinajstić information content (AvgIpc) is 2.86. The van der Waals surface area contributed by atoms with Crippen LogP contribution in [0.4, 0.5) is 8.78 Å². The molecule has 0 saturated carbocycles. The van der Waals surface area contributed by atoms with Gasteiger partial charge < -0.3 is 10.6 Å². The lowest BCUT2D eigenvalue weighted by atomic mass is 10.0. The van der Waals surface area contributed by atoms with E-state index in [9.17, 15) is 13.6 Å². The predicted molar refractivity (Wildman–Crippen MR) is 63.9 cm³/mol. The van der Waals surface area contributed by atoms with Crippen molar-refractivity contribution >= 4 is 5.91 Å². The van der Waals surface area contributed by atoms with Gasteiger partial charge in [0, 0.05) is 6.54 Å². The van der Waals surface area contributed by atoms with Crippen LogP contribution in [0, 0.1) is 17.6 Å². The highest BCUT2D eigenvalue weighted by molar-refractivity contribution is 5.79. The van der Waals surface area contributed by atoms with Crippen LogP contribution in [0.5, 0.6) is 0 Å². The molecular weight excluding hydrogens is 238 g/mol. The Morgan fingerprint density at radius 1 is 1.44 bits per heavy atom. The van der Waals surface area contributed by atoms with Crippen molar-refractivity contribution in [2.24, 2.45) is 5.92 Å². The summed E-state index contributed by atoms with van der Waals surface area (Å²) in [5, 5.41) is 5.93. The summed E-state index contributed by atoms with van der Waals surface area (Å²) in [4.78, 5) is 11.9. The first kappa shape index (κ1) is 13.0. The second-order valence-electron chi connectivity index (χ2n) is 4.59. The van der Waals surface area contributed by atoms with E-state index in [4.69, 9.17) is 0 Å². The molecule has 0 spiro atoms. The summed E-state index contributed by atoms with van der Waals surface area (Å²) in [7, 11) is 0. The van der Waals surface area contributed by atoms with Crippen LogP contribution in [0.25, 0.3) is 0 Å². The van der Waals surface area contributed by atoms with Crippen LogP contribution in [0.2, 0.25) is 0 Å². The van der Waals surface area contributed by atoms with Gasteiger partial charge in [0.05, 0.1) is 12.0 Å². The number of carbonyl (C=O) groups is 1. The lowest BCUT2D eigenvalue weighted by molar-refractivity contribution is -0.125. The van der Waals surface area contributed by atoms with E-state index < -0.39 is 11.6 Å². The number of halogens is 2. The molecule has 3 nitrogen and oxygen atoms in total. The zero-order valence-electron chi connectivity index (χ0n) is 10.2. The smallest absolute Gasteiger partial charge is 0.224 e. The maximum absolute atomic E-state index is 13.1. The number of benzene rings is 1. The van der Waals surface area contributed by atoms with Gasteiger partial charge in [0.15, 0.2) is 11.6 Å². The van der Waals surface area contributed by atoms with E-state index in [1.807, 2.05) is 0 Å². The number of carbonyl (C=O) groups excluding carboxylic acids is 1. The molecule has 0 aliphatic carbocycles. The number of nitrogens with one attached hydrogen (secondary N) is 2. The summed E-state index contributed by atoms with van der Waals surface area (Å²) in [5.74, 6) is -1.84. The molecule has 2 atom stereocenters. The molecule has 2 unspecified atom stereocenters. The Morgan fingerprint density at radius 2 is 2.22 bits per heavy atom. The molecule has 1 saturated heterocycles. The largest absolute Gasteiger partial charge is 0.349 e. The number of hydrogen-bond acceptors (Lipinski definition) is 2. The second-order valence-corrected chi connectivity index (χ2v) is 4.59. The molecule has 2 rings (SSSR count). The summed E-state index contributed by atoms with van der Waals surface area (Å²) in [6.45, 7) is 3.28. The summed E-state index contributed by atoms with van der Waals surface area (Å²) in [6.07, 6.45) is 0.816. The van der Waals surface area contributed by atoms with Gasteiger partial charge in [0.2, 0.25) is 5.91 Å². The van der Waals surface area contributed by atoms with Gasteiger partial charge in [-0.2, -0.15) is 0 Å². The fourth-order valence-corrected chi connectivity index (χ4v) is 2.07. The lowest BCUT2D eigenvalue weighted by Gasteiger charge is -2.17. The molecular formula is C13H16F2N2O. The number of rotatable bonds is 3. The third kappa shape index (κ3) is 2.85. The first-order valence-electron chi connectivity index (χ1n) is 6.04. The number of amides is 1. The van der Waals surface area contributed by atoms with Gasteiger partial charge in [-0.1, -0.05) is 6.07 Å². The summed E-state index contributed by atoms with van der Waals surface area (Å²) in [6, 6.07) is 3.35. The van der Waals surface area contributed by atoms with E-state index >= 15 is 0 Å². The van der Waals surface area contributed by atoms with Crippen LogP contribution in [-0.2, 0) is 4.79 Å². The van der Waals surface area contributed by atoms with Gasteiger partial charge >= 0.3 is 0 Å². The van der Waals surface area contributed by atoms with Crippen molar-refractivity contribution in [1.29, 1.82) is 0 Å². The fourth-order valence-electron chi connectivity index (χ4n) is 2.07. The van der Waals surface area contributed by atoms with Crippen LogP contribution < -0.4 is 10.6 Å². The Hall–Kier alpha value is -1.49. The number of hydrogen-bond donors (Lipinski definition) is 2. The second kappa shape index (κ2) is 5.44. The van der Waals surface area contributed by atoms with E-state index in [1.54, 1.807) is 6.92 Å². The quantitative estimate of drug-likeness (QED) is 0.863. The van der Waals surface area contributed by atoms with Crippen molar-refractivity contribution in [1.82, 2.24) is 10.6 Å². The predicted octanol–water partition coefficient (Wildman–Crippen LogP) is 1.75. The molecule has 1 aliphatic rings. The van der Waals surface area contributed by atoms with Crippen LogP contribution in [0.1, 0.15) is 24.9 Å². The van der Waals surface area contributed by atoms with Gasteiger partial charge in [-0.3, -0.25) is 4.79 Å². The Bertz CT molecular complexity index is 445. The molecule has 1 aliphatic heterocycles. The van der Waals surface area contributed by atoms with Crippen LogP contribution in [0.3, 0.4) is 0 Å².